The third kappa shape index (κ3) is 10.2. The quantitative estimate of drug-likeness (QED) is 0.596. The number of hydrogen-bond donors (Lipinski definition) is 1. The molecule has 0 aromatic carbocycles. The molecule has 0 saturated carbocycles. The van der Waals surface area contributed by atoms with E-state index in [4.69, 9.17) is 4.74 Å². The molecule has 0 bridgehead atoms. The Balaban J connectivity index is 3.56. The highest BCUT2D eigenvalue weighted by Gasteiger charge is 2.09. The van der Waals surface area contributed by atoms with Gasteiger partial charge in [0.1, 0.15) is 0 Å². The Labute approximate surface area is 95.8 Å². The zero-order valence-electron chi connectivity index (χ0n) is 11.2. The minimum atomic E-state index is 0.368. The van der Waals surface area contributed by atoms with E-state index in [2.05, 4.69) is 39.9 Å². The summed E-state index contributed by atoms with van der Waals surface area (Å²) in [5.74, 6) is 0.778. The number of hydrogen-bond acceptors (Lipinski definition) is 2. The van der Waals surface area contributed by atoms with Gasteiger partial charge in [0.2, 0.25) is 0 Å². The fourth-order valence-electron chi connectivity index (χ4n) is 1.81. The van der Waals surface area contributed by atoms with Crippen molar-refractivity contribution in [1.82, 2.24) is 5.32 Å². The monoisotopic (exact) mass is 215 g/mol. The SMILES string of the molecule is CCNC(CCCOC(C)C)CC(C)C. The lowest BCUT2D eigenvalue weighted by molar-refractivity contribution is 0.0741. The highest BCUT2D eigenvalue weighted by Crippen LogP contribution is 2.10. The molecule has 0 amide bonds. The molecular formula is C13H29NO. The van der Waals surface area contributed by atoms with Crippen molar-refractivity contribution in [3.05, 3.63) is 0 Å². The number of rotatable bonds is 9. The second-order valence-electron chi connectivity index (χ2n) is 4.95. The third-order valence-corrected chi connectivity index (χ3v) is 2.40. The summed E-state index contributed by atoms with van der Waals surface area (Å²) in [4.78, 5) is 0. The molecule has 0 rings (SSSR count). The maximum atomic E-state index is 5.55. The molecule has 0 aromatic heterocycles. The van der Waals surface area contributed by atoms with Crippen LogP contribution in [0.3, 0.4) is 0 Å². The molecule has 2 heteroatoms. The Morgan fingerprint density at radius 2 is 1.80 bits per heavy atom. The van der Waals surface area contributed by atoms with E-state index < -0.39 is 0 Å². The fraction of sp³-hybridized carbons (Fsp3) is 1.00. The lowest BCUT2D eigenvalue weighted by atomic mass is 10.00. The van der Waals surface area contributed by atoms with Gasteiger partial charge in [-0.25, -0.2) is 0 Å². The van der Waals surface area contributed by atoms with Crippen molar-refractivity contribution >= 4 is 0 Å². The molecule has 0 fully saturated rings. The van der Waals surface area contributed by atoms with Crippen LogP contribution in [0.2, 0.25) is 0 Å². The van der Waals surface area contributed by atoms with Crippen LogP contribution < -0.4 is 5.32 Å². The molecule has 1 N–H and O–H groups in total. The smallest absolute Gasteiger partial charge is 0.0518 e. The summed E-state index contributed by atoms with van der Waals surface area (Å²) in [6, 6.07) is 0.672. The van der Waals surface area contributed by atoms with E-state index in [0.29, 0.717) is 12.1 Å². The molecular weight excluding hydrogens is 186 g/mol. The lowest BCUT2D eigenvalue weighted by Gasteiger charge is -2.20. The van der Waals surface area contributed by atoms with Crippen LogP contribution in [0.25, 0.3) is 0 Å². The van der Waals surface area contributed by atoms with Crippen molar-refractivity contribution in [1.29, 1.82) is 0 Å². The van der Waals surface area contributed by atoms with Crippen molar-refractivity contribution in [2.45, 2.75) is 66.0 Å². The van der Waals surface area contributed by atoms with Crippen molar-refractivity contribution in [3.8, 4) is 0 Å². The summed E-state index contributed by atoms with van der Waals surface area (Å²) in [5, 5.41) is 3.55. The average molecular weight is 215 g/mol. The molecule has 0 radical (unpaired) electrons. The van der Waals surface area contributed by atoms with Gasteiger partial charge in [0.05, 0.1) is 6.10 Å². The summed E-state index contributed by atoms with van der Waals surface area (Å²) in [5.41, 5.74) is 0. The first-order valence-corrected chi connectivity index (χ1v) is 6.41. The molecule has 1 atom stereocenters. The van der Waals surface area contributed by atoms with Crippen LogP contribution in [-0.4, -0.2) is 25.3 Å². The van der Waals surface area contributed by atoms with E-state index >= 15 is 0 Å². The summed E-state index contributed by atoms with van der Waals surface area (Å²) < 4.78 is 5.55. The maximum absolute atomic E-state index is 5.55. The molecule has 92 valence electrons. The molecule has 0 aliphatic heterocycles. The molecule has 0 aliphatic rings. The highest BCUT2D eigenvalue weighted by atomic mass is 16.5. The van der Waals surface area contributed by atoms with Crippen molar-refractivity contribution in [3.63, 3.8) is 0 Å². The predicted octanol–water partition coefficient (Wildman–Crippen LogP) is 3.22. The van der Waals surface area contributed by atoms with Crippen LogP contribution >= 0.6 is 0 Å². The van der Waals surface area contributed by atoms with E-state index in [1.54, 1.807) is 0 Å². The third-order valence-electron chi connectivity index (χ3n) is 2.40. The van der Waals surface area contributed by atoms with Crippen LogP contribution in [-0.2, 0) is 4.74 Å². The first-order chi connectivity index (χ1) is 7.06. The van der Waals surface area contributed by atoms with Gasteiger partial charge in [0, 0.05) is 12.6 Å². The van der Waals surface area contributed by atoms with Gasteiger partial charge < -0.3 is 10.1 Å². The number of ether oxygens (including phenoxy) is 1. The lowest BCUT2D eigenvalue weighted by Crippen LogP contribution is -2.30. The second kappa shape index (κ2) is 9.17. The van der Waals surface area contributed by atoms with E-state index in [1.807, 2.05) is 0 Å². The van der Waals surface area contributed by atoms with Gasteiger partial charge in [0.15, 0.2) is 0 Å². The second-order valence-corrected chi connectivity index (χ2v) is 4.95. The van der Waals surface area contributed by atoms with E-state index in [9.17, 15) is 0 Å². The predicted molar refractivity (Wildman–Crippen MR) is 67.2 cm³/mol. The molecule has 0 heterocycles. The molecule has 1 unspecified atom stereocenters. The molecule has 0 aliphatic carbocycles. The van der Waals surface area contributed by atoms with Crippen LogP contribution in [0, 0.1) is 5.92 Å². The van der Waals surface area contributed by atoms with Gasteiger partial charge in [-0.1, -0.05) is 20.8 Å². The van der Waals surface area contributed by atoms with Crippen LogP contribution in [0.15, 0.2) is 0 Å². The zero-order chi connectivity index (χ0) is 11.7. The fourth-order valence-corrected chi connectivity index (χ4v) is 1.81. The Kier molecular flexibility index (Phi) is 9.12. The molecule has 0 saturated heterocycles. The van der Waals surface area contributed by atoms with Gasteiger partial charge in [-0.15, -0.1) is 0 Å². The minimum absolute atomic E-state index is 0.368. The molecule has 0 aromatic rings. The van der Waals surface area contributed by atoms with Gasteiger partial charge in [-0.2, -0.15) is 0 Å². The van der Waals surface area contributed by atoms with E-state index in [1.165, 1.54) is 19.3 Å². The minimum Gasteiger partial charge on any atom is -0.379 e. The molecule has 15 heavy (non-hydrogen) atoms. The van der Waals surface area contributed by atoms with Crippen molar-refractivity contribution in [2.75, 3.05) is 13.2 Å². The van der Waals surface area contributed by atoms with Gasteiger partial charge in [-0.05, 0) is 45.6 Å². The Hall–Kier alpha value is -0.0800. The van der Waals surface area contributed by atoms with Gasteiger partial charge >= 0.3 is 0 Å². The van der Waals surface area contributed by atoms with Crippen molar-refractivity contribution < 1.29 is 4.74 Å². The standard InChI is InChI=1S/C13H29NO/c1-6-14-13(10-11(2)3)8-7-9-15-12(4)5/h11-14H,6-10H2,1-5H3. The Morgan fingerprint density at radius 3 is 2.27 bits per heavy atom. The van der Waals surface area contributed by atoms with Crippen LogP contribution in [0.4, 0.5) is 0 Å². The first kappa shape index (κ1) is 14.9. The van der Waals surface area contributed by atoms with E-state index in [-0.39, 0.29) is 0 Å². The Morgan fingerprint density at radius 1 is 1.13 bits per heavy atom. The van der Waals surface area contributed by atoms with E-state index in [0.717, 1.165) is 19.1 Å². The number of nitrogens with one attached hydrogen (secondary N) is 1. The summed E-state index contributed by atoms with van der Waals surface area (Å²) in [6.07, 6.45) is 4.05. The average Bonchev–Trinajstić information content (AvgIpc) is 2.11. The van der Waals surface area contributed by atoms with Gasteiger partial charge in [-0.3, -0.25) is 0 Å². The molecule has 0 spiro atoms. The summed E-state index contributed by atoms with van der Waals surface area (Å²) >= 11 is 0. The van der Waals surface area contributed by atoms with Crippen LogP contribution in [0.5, 0.6) is 0 Å². The first-order valence-electron chi connectivity index (χ1n) is 6.41. The largest absolute Gasteiger partial charge is 0.379 e. The summed E-state index contributed by atoms with van der Waals surface area (Å²) in [7, 11) is 0. The normalized spacial score (nSPS) is 13.8. The van der Waals surface area contributed by atoms with Crippen molar-refractivity contribution in [2.24, 2.45) is 5.92 Å². The summed E-state index contributed by atoms with van der Waals surface area (Å²) in [6.45, 7) is 12.9. The zero-order valence-corrected chi connectivity index (χ0v) is 11.2. The highest BCUT2D eigenvalue weighted by molar-refractivity contribution is 4.67. The topological polar surface area (TPSA) is 21.3 Å². The molecule has 2 nitrogen and oxygen atoms in total. The van der Waals surface area contributed by atoms with Gasteiger partial charge in [0.25, 0.3) is 0 Å². The maximum Gasteiger partial charge on any atom is 0.0518 e. The Bertz CT molecular complexity index is 134. The van der Waals surface area contributed by atoms with Crippen LogP contribution in [0.1, 0.15) is 53.9 Å².